The van der Waals surface area contributed by atoms with Crippen LogP contribution in [0, 0.1) is 0 Å². The molecule has 0 aromatic heterocycles. The van der Waals surface area contributed by atoms with E-state index >= 15 is 0 Å². The van der Waals surface area contributed by atoms with E-state index in [4.69, 9.17) is 18.9 Å². The van der Waals surface area contributed by atoms with Gasteiger partial charge in [0.25, 0.3) is 0 Å². The van der Waals surface area contributed by atoms with Crippen LogP contribution in [0.4, 0.5) is 0 Å². The Balaban J connectivity index is 2.41. The Hall–Kier alpha value is -3.38. The van der Waals surface area contributed by atoms with Crippen LogP contribution >= 0.6 is 0 Å². The third-order valence-electron chi connectivity index (χ3n) is 9.47. The van der Waals surface area contributed by atoms with E-state index < -0.39 is 55.4 Å². The minimum Gasteiger partial charge on any atom is -0.462 e. The molecule has 0 radical (unpaired) electrons. The average molecular weight is 827 g/mol. The molecule has 0 bridgehead atoms. The van der Waals surface area contributed by atoms with Crippen LogP contribution in [0.2, 0.25) is 0 Å². The molecule has 59 heavy (non-hydrogen) atoms. The van der Waals surface area contributed by atoms with Crippen LogP contribution in [0.25, 0.3) is 0 Å². The quantitative estimate of drug-likeness (QED) is 0.0276. The van der Waals surface area contributed by atoms with Crippen LogP contribution in [0.5, 0.6) is 0 Å². The smallest absolute Gasteiger partial charge is 0.306 e. The fraction of sp³-hybridized carbons (Fsp3) is 0.633. The molecule has 0 spiro atoms. The summed E-state index contributed by atoms with van der Waals surface area (Å²) in [6, 6.07) is 0. The molecule has 10 heteroatoms. The van der Waals surface area contributed by atoms with Crippen LogP contribution in [-0.4, -0.2) is 89.0 Å². The number of aliphatic hydroxyl groups excluding tert-OH is 4. The summed E-state index contributed by atoms with van der Waals surface area (Å²) in [5, 5.41) is 40.1. The summed E-state index contributed by atoms with van der Waals surface area (Å²) >= 11 is 0. The maximum absolute atomic E-state index is 12.8. The number of hydrogen-bond acceptors (Lipinski definition) is 10. The van der Waals surface area contributed by atoms with Gasteiger partial charge in [-0.05, 0) is 83.5 Å². The minimum atomic E-state index is -1.61. The number of carbonyl (C=O) groups is 2. The lowest BCUT2D eigenvalue weighted by Crippen LogP contribution is -2.59. The summed E-state index contributed by atoms with van der Waals surface area (Å²) in [6.45, 7) is 3.17. The van der Waals surface area contributed by atoms with E-state index in [9.17, 15) is 30.0 Å². The fourth-order valence-corrected chi connectivity index (χ4v) is 5.95. The topological polar surface area (TPSA) is 152 Å². The van der Waals surface area contributed by atoms with Gasteiger partial charge in [-0.1, -0.05) is 143 Å². The highest BCUT2D eigenvalue weighted by Crippen LogP contribution is 2.22. The van der Waals surface area contributed by atoms with Crippen molar-refractivity contribution in [1.82, 2.24) is 0 Å². The summed E-state index contributed by atoms with van der Waals surface area (Å²) in [6.07, 6.45) is 44.2. The van der Waals surface area contributed by atoms with Crippen molar-refractivity contribution < 1.29 is 49.0 Å². The van der Waals surface area contributed by atoms with E-state index in [0.717, 1.165) is 83.5 Å². The molecule has 1 aliphatic heterocycles. The van der Waals surface area contributed by atoms with Gasteiger partial charge in [0.05, 0.1) is 13.2 Å². The monoisotopic (exact) mass is 827 g/mol. The molecule has 0 aromatic carbocycles. The Bertz CT molecular complexity index is 1280. The highest BCUT2D eigenvalue weighted by molar-refractivity contribution is 5.70. The number of unbranched alkanes of at least 4 members (excludes halogenated alkanes) is 8. The molecule has 0 aliphatic carbocycles. The lowest BCUT2D eigenvalue weighted by molar-refractivity contribution is -0.305. The summed E-state index contributed by atoms with van der Waals surface area (Å²) in [5.74, 6) is -0.931. The standard InChI is InChI=1S/C49H78O10/c1-3-5-7-9-11-13-15-17-19-20-21-22-24-25-27-29-31-33-35-37-44(51)56-40-42(41-57-49-48(55)47(54)46(53)43(39-50)59-49)58-45(52)38-36-34-32-30-28-26-23-18-16-14-12-10-8-6-4-2/h5,7,11-14,17-19,21-23,25,27,31,33,42-43,46-50,53-55H,3-4,6,8-10,15-16,20,24,26,28-30,32,34-41H2,1-2H3/b7-5+,13-11+,14-12+,19-17+,22-21+,23-18+,27-25+,33-31+/t42-,43-,46+,47?,48?,49-/m0/s1. The van der Waals surface area contributed by atoms with Gasteiger partial charge in [-0.3, -0.25) is 9.59 Å². The lowest BCUT2D eigenvalue weighted by atomic mass is 9.99. The van der Waals surface area contributed by atoms with E-state index in [0.29, 0.717) is 12.8 Å². The summed E-state index contributed by atoms with van der Waals surface area (Å²) in [4.78, 5) is 25.3. The second kappa shape index (κ2) is 38.8. The third kappa shape index (κ3) is 30.3. The molecule has 10 nitrogen and oxygen atoms in total. The summed E-state index contributed by atoms with van der Waals surface area (Å²) < 4.78 is 22.0. The number of hydrogen-bond donors (Lipinski definition) is 4. The number of esters is 2. The predicted molar refractivity (Wildman–Crippen MR) is 237 cm³/mol. The molecule has 334 valence electrons. The number of allylic oxidation sites excluding steroid dienone is 16. The van der Waals surface area contributed by atoms with Gasteiger partial charge in [0.2, 0.25) is 0 Å². The first kappa shape index (κ1) is 53.6. The maximum atomic E-state index is 12.8. The van der Waals surface area contributed by atoms with Gasteiger partial charge in [-0.2, -0.15) is 0 Å². The first-order chi connectivity index (χ1) is 28.8. The molecule has 1 rings (SSSR count). The second-order valence-electron chi connectivity index (χ2n) is 14.8. The number of aliphatic hydroxyl groups is 4. The lowest BCUT2D eigenvalue weighted by Gasteiger charge is -2.39. The Morgan fingerprint density at radius 1 is 0.542 bits per heavy atom. The van der Waals surface area contributed by atoms with E-state index in [2.05, 4.69) is 98.9 Å². The molecule has 1 heterocycles. The average Bonchev–Trinajstić information content (AvgIpc) is 3.23. The Morgan fingerprint density at radius 2 is 1.03 bits per heavy atom. The third-order valence-corrected chi connectivity index (χ3v) is 9.47. The van der Waals surface area contributed by atoms with Gasteiger partial charge in [0.15, 0.2) is 12.4 Å². The van der Waals surface area contributed by atoms with Crippen molar-refractivity contribution >= 4 is 11.9 Å². The number of carbonyl (C=O) groups excluding carboxylic acids is 2. The van der Waals surface area contributed by atoms with Gasteiger partial charge < -0.3 is 39.4 Å². The normalized spacial score (nSPS) is 20.9. The molecule has 1 saturated heterocycles. The highest BCUT2D eigenvalue weighted by Gasteiger charge is 2.44. The molecule has 1 fully saturated rings. The van der Waals surface area contributed by atoms with Crippen molar-refractivity contribution in [2.75, 3.05) is 19.8 Å². The van der Waals surface area contributed by atoms with Crippen molar-refractivity contribution in [2.24, 2.45) is 0 Å². The molecular formula is C49H78O10. The summed E-state index contributed by atoms with van der Waals surface area (Å²) in [7, 11) is 0. The van der Waals surface area contributed by atoms with Gasteiger partial charge in [-0.25, -0.2) is 0 Å². The molecule has 0 aromatic rings. The second-order valence-corrected chi connectivity index (χ2v) is 14.8. The van der Waals surface area contributed by atoms with E-state index in [-0.39, 0.29) is 26.1 Å². The van der Waals surface area contributed by atoms with Crippen molar-refractivity contribution in [2.45, 2.75) is 179 Å². The molecule has 6 atom stereocenters. The molecule has 2 unspecified atom stereocenters. The Labute approximate surface area is 356 Å². The van der Waals surface area contributed by atoms with Gasteiger partial charge in [-0.15, -0.1) is 0 Å². The van der Waals surface area contributed by atoms with Crippen LogP contribution in [0.1, 0.15) is 142 Å². The zero-order valence-electron chi connectivity index (χ0n) is 36.2. The Morgan fingerprint density at radius 3 is 1.58 bits per heavy atom. The van der Waals surface area contributed by atoms with Gasteiger partial charge >= 0.3 is 11.9 Å². The number of rotatable bonds is 35. The van der Waals surface area contributed by atoms with Crippen LogP contribution in [0.15, 0.2) is 97.2 Å². The zero-order chi connectivity index (χ0) is 43.0. The van der Waals surface area contributed by atoms with Crippen molar-refractivity contribution in [3.05, 3.63) is 97.2 Å². The van der Waals surface area contributed by atoms with Crippen molar-refractivity contribution in [3.63, 3.8) is 0 Å². The zero-order valence-corrected chi connectivity index (χ0v) is 36.2. The first-order valence-corrected chi connectivity index (χ1v) is 22.3. The van der Waals surface area contributed by atoms with Gasteiger partial charge in [0.1, 0.15) is 31.0 Å². The van der Waals surface area contributed by atoms with Gasteiger partial charge in [0, 0.05) is 12.8 Å². The van der Waals surface area contributed by atoms with Crippen molar-refractivity contribution in [1.29, 1.82) is 0 Å². The van der Waals surface area contributed by atoms with E-state index in [1.165, 1.54) is 19.3 Å². The Kier molecular flexibility index (Phi) is 35.3. The fourth-order valence-electron chi connectivity index (χ4n) is 5.95. The SMILES string of the molecule is CC/C=C/C/C=C/C/C=C/C/C=C/C/C=C/C/C=C/CCC(=O)OC[C@@H](CO[C@H]1O[C@@H](CO)[C@@H](O)C(O)C1O)OC(=O)CCCCCCC/C=C/C/C=C/CCCCC. The largest absolute Gasteiger partial charge is 0.462 e. The number of ether oxygens (including phenoxy) is 4. The van der Waals surface area contributed by atoms with E-state index in [1.54, 1.807) is 0 Å². The summed E-state index contributed by atoms with van der Waals surface area (Å²) in [5.41, 5.74) is 0. The van der Waals surface area contributed by atoms with E-state index in [1.807, 2.05) is 12.2 Å². The molecule has 1 aliphatic rings. The maximum Gasteiger partial charge on any atom is 0.306 e. The molecular weight excluding hydrogens is 749 g/mol. The van der Waals surface area contributed by atoms with Crippen LogP contribution in [0.3, 0.4) is 0 Å². The minimum absolute atomic E-state index is 0.141. The molecule has 0 saturated carbocycles. The molecule has 4 N–H and O–H groups in total. The van der Waals surface area contributed by atoms with Crippen LogP contribution < -0.4 is 0 Å². The molecule has 0 amide bonds. The van der Waals surface area contributed by atoms with Crippen molar-refractivity contribution in [3.8, 4) is 0 Å². The van der Waals surface area contributed by atoms with Crippen LogP contribution in [-0.2, 0) is 28.5 Å². The highest BCUT2D eigenvalue weighted by atomic mass is 16.7. The predicted octanol–water partition coefficient (Wildman–Crippen LogP) is 9.55. The first-order valence-electron chi connectivity index (χ1n) is 22.3.